The van der Waals surface area contributed by atoms with E-state index in [0.717, 1.165) is 12.8 Å². The summed E-state index contributed by atoms with van der Waals surface area (Å²) < 4.78 is 6.68. The van der Waals surface area contributed by atoms with Crippen LogP contribution >= 0.6 is 0 Å². The molecule has 0 fully saturated rings. The molecular weight excluding hydrogens is 248 g/mol. The average molecular weight is 264 g/mol. The van der Waals surface area contributed by atoms with E-state index in [1.165, 1.54) is 17.2 Å². The third kappa shape index (κ3) is 2.81. The quantitative estimate of drug-likeness (QED) is 0.824. The molecule has 2 heterocycles. The normalized spacial score (nSPS) is 12.5. The molecule has 0 aliphatic carbocycles. The number of esters is 1. The fourth-order valence-corrected chi connectivity index (χ4v) is 1.76. The van der Waals surface area contributed by atoms with E-state index in [2.05, 4.69) is 15.1 Å². The summed E-state index contributed by atoms with van der Waals surface area (Å²) in [5.41, 5.74) is 0.139. The lowest BCUT2D eigenvalue weighted by Crippen LogP contribution is -2.16. The van der Waals surface area contributed by atoms with Crippen LogP contribution in [-0.2, 0) is 9.53 Å². The zero-order chi connectivity index (χ0) is 13.8. The Bertz CT molecular complexity index is 631. The highest BCUT2D eigenvalue weighted by molar-refractivity contribution is 5.73. The Balaban J connectivity index is 2.18. The molecule has 0 aromatic carbocycles. The minimum atomic E-state index is -0.587. The number of fused-ring (bicyclic) bond motifs is 1. The van der Waals surface area contributed by atoms with Gasteiger partial charge in [0.15, 0.2) is 11.9 Å². The van der Waals surface area contributed by atoms with Gasteiger partial charge in [-0.15, -0.1) is 0 Å². The summed E-state index contributed by atoms with van der Waals surface area (Å²) in [6, 6.07) is 0. The second-order valence-corrected chi connectivity index (χ2v) is 4.25. The third-order valence-electron chi connectivity index (χ3n) is 2.78. The first-order chi connectivity index (χ1) is 9.13. The maximum absolute atomic E-state index is 11.6. The van der Waals surface area contributed by atoms with Crippen LogP contribution in [0.1, 0.15) is 39.3 Å². The first-order valence-corrected chi connectivity index (χ1v) is 6.24. The first kappa shape index (κ1) is 13.3. The molecule has 0 saturated carbocycles. The number of H-pyrrole nitrogens is 1. The van der Waals surface area contributed by atoms with Gasteiger partial charge in [-0.05, 0) is 13.3 Å². The summed E-state index contributed by atoms with van der Waals surface area (Å²) in [6.45, 7) is 3.70. The number of carbonyl (C=O) groups is 1. The van der Waals surface area contributed by atoms with Gasteiger partial charge < -0.3 is 9.72 Å². The third-order valence-corrected chi connectivity index (χ3v) is 2.78. The molecule has 0 saturated heterocycles. The molecule has 1 unspecified atom stereocenters. The number of ether oxygens (including phenoxy) is 1. The maximum Gasteiger partial charge on any atom is 0.307 e. The van der Waals surface area contributed by atoms with E-state index in [4.69, 9.17) is 4.74 Å². The molecule has 0 bridgehead atoms. The van der Waals surface area contributed by atoms with Gasteiger partial charge in [-0.2, -0.15) is 5.10 Å². The molecule has 0 amide bonds. The Hall–Kier alpha value is -2.18. The van der Waals surface area contributed by atoms with Crippen molar-refractivity contribution in [3.05, 3.63) is 22.9 Å². The van der Waals surface area contributed by atoms with Gasteiger partial charge in [0, 0.05) is 6.42 Å². The van der Waals surface area contributed by atoms with Crippen LogP contribution in [0.25, 0.3) is 11.0 Å². The summed E-state index contributed by atoms with van der Waals surface area (Å²) in [7, 11) is 0. The van der Waals surface area contributed by atoms with Crippen LogP contribution in [0.3, 0.4) is 0 Å². The van der Waals surface area contributed by atoms with Crippen molar-refractivity contribution in [1.82, 2.24) is 19.7 Å². The largest absolute Gasteiger partial charge is 0.440 e. The van der Waals surface area contributed by atoms with Crippen LogP contribution in [0.4, 0.5) is 0 Å². The van der Waals surface area contributed by atoms with Crippen LogP contribution in [0, 0.1) is 0 Å². The molecule has 1 N–H and O–H groups in total. The molecule has 1 atom stereocenters. The predicted octanol–water partition coefficient (Wildman–Crippen LogP) is 1.37. The van der Waals surface area contributed by atoms with E-state index in [1.807, 2.05) is 6.92 Å². The minimum absolute atomic E-state index is 0.263. The van der Waals surface area contributed by atoms with Crippen molar-refractivity contribution < 1.29 is 9.53 Å². The molecule has 0 aliphatic rings. The van der Waals surface area contributed by atoms with Gasteiger partial charge in [0.25, 0.3) is 5.56 Å². The van der Waals surface area contributed by atoms with Crippen LogP contribution in [-0.4, -0.2) is 25.7 Å². The number of aromatic nitrogens is 4. The van der Waals surface area contributed by atoms with Gasteiger partial charge in [0.1, 0.15) is 5.39 Å². The van der Waals surface area contributed by atoms with Crippen molar-refractivity contribution in [3.63, 3.8) is 0 Å². The fourth-order valence-electron chi connectivity index (χ4n) is 1.76. The van der Waals surface area contributed by atoms with E-state index in [-0.39, 0.29) is 11.5 Å². The van der Waals surface area contributed by atoms with E-state index >= 15 is 0 Å². The molecule has 0 spiro atoms. The van der Waals surface area contributed by atoms with E-state index in [9.17, 15) is 9.59 Å². The van der Waals surface area contributed by atoms with Crippen molar-refractivity contribution in [1.29, 1.82) is 0 Å². The summed E-state index contributed by atoms with van der Waals surface area (Å²) in [5, 5.41) is 4.42. The van der Waals surface area contributed by atoms with Gasteiger partial charge in [-0.3, -0.25) is 9.59 Å². The summed E-state index contributed by atoms with van der Waals surface area (Å²) in [6.07, 6.45) is 4.24. The SMILES string of the molecule is CCCCC(=O)OC(C)n1ncc2c(=O)[nH]cnc21. The molecule has 2 rings (SSSR count). The molecule has 0 aliphatic heterocycles. The summed E-state index contributed by atoms with van der Waals surface area (Å²) >= 11 is 0. The minimum Gasteiger partial charge on any atom is -0.440 e. The Kier molecular flexibility index (Phi) is 3.94. The van der Waals surface area contributed by atoms with Crippen molar-refractivity contribution >= 4 is 17.0 Å². The molecule has 102 valence electrons. The molecule has 7 nitrogen and oxygen atoms in total. The summed E-state index contributed by atoms with van der Waals surface area (Å²) in [4.78, 5) is 29.6. The molecule has 2 aromatic heterocycles. The first-order valence-electron chi connectivity index (χ1n) is 6.24. The molecule has 0 radical (unpaired) electrons. The van der Waals surface area contributed by atoms with Crippen molar-refractivity contribution in [2.45, 2.75) is 39.3 Å². The fraction of sp³-hybridized carbons (Fsp3) is 0.500. The van der Waals surface area contributed by atoms with E-state index in [0.29, 0.717) is 17.5 Å². The number of aromatic amines is 1. The number of hydrogen-bond donors (Lipinski definition) is 1. The molecule has 19 heavy (non-hydrogen) atoms. The number of nitrogens with zero attached hydrogens (tertiary/aromatic N) is 3. The number of carbonyl (C=O) groups excluding carboxylic acids is 1. The topological polar surface area (TPSA) is 89.9 Å². The monoisotopic (exact) mass is 264 g/mol. The van der Waals surface area contributed by atoms with Gasteiger partial charge in [-0.1, -0.05) is 13.3 Å². The Morgan fingerprint density at radius 1 is 1.58 bits per heavy atom. The van der Waals surface area contributed by atoms with Crippen molar-refractivity contribution in [2.24, 2.45) is 0 Å². The number of rotatable bonds is 5. The lowest BCUT2D eigenvalue weighted by molar-refractivity contribution is -0.153. The molecular formula is C12H16N4O3. The van der Waals surface area contributed by atoms with Crippen molar-refractivity contribution in [3.8, 4) is 0 Å². The van der Waals surface area contributed by atoms with Gasteiger partial charge >= 0.3 is 5.97 Å². The van der Waals surface area contributed by atoms with Crippen molar-refractivity contribution in [2.75, 3.05) is 0 Å². The Labute approximate surface area is 109 Å². The van der Waals surface area contributed by atoms with Crippen LogP contribution in [0.5, 0.6) is 0 Å². The second-order valence-electron chi connectivity index (χ2n) is 4.25. The molecule has 7 heteroatoms. The zero-order valence-electron chi connectivity index (χ0n) is 10.9. The van der Waals surface area contributed by atoms with Crippen LogP contribution in [0.15, 0.2) is 17.3 Å². The maximum atomic E-state index is 11.6. The zero-order valence-corrected chi connectivity index (χ0v) is 10.9. The Morgan fingerprint density at radius 3 is 3.11 bits per heavy atom. The van der Waals surface area contributed by atoms with Gasteiger partial charge in [0.05, 0.1) is 12.5 Å². The number of unbranched alkanes of at least 4 members (excludes halogenated alkanes) is 1. The van der Waals surface area contributed by atoms with Crippen LogP contribution in [0.2, 0.25) is 0 Å². The lowest BCUT2D eigenvalue weighted by atomic mass is 10.2. The second kappa shape index (κ2) is 5.64. The Morgan fingerprint density at radius 2 is 2.37 bits per heavy atom. The summed E-state index contributed by atoms with van der Waals surface area (Å²) in [5.74, 6) is -0.275. The predicted molar refractivity (Wildman–Crippen MR) is 68.5 cm³/mol. The van der Waals surface area contributed by atoms with E-state index < -0.39 is 6.23 Å². The van der Waals surface area contributed by atoms with Gasteiger partial charge in [0.2, 0.25) is 0 Å². The highest BCUT2D eigenvalue weighted by atomic mass is 16.6. The lowest BCUT2D eigenvalue weighted by Gasteiger charge is -2.13. The standard InChI is InChI=1S/C12H16N4O3/c1-3-4-5-10(17)19-8(2)16-11-9(6-15-16)12(18)14-7-13-11/h6-8H,3-5H2,1-2H3,(H,13,14,18). The number of nitrogens with one attached hydrogen (secondary N) is 1. The highest BCUT2D eigenvalue weighted by Gasteiger charge is 2.16. The van der Waals surface area contributed by atoms with Gasteiger partial charge in [-0.25, -0.2) is 9.67 Å². The highest BCUT2D eigenvalue weighted by Crippen LogP contribution is 2.14. The van der Waals surface area contributed by atoms with Crippen LogP contribution < -0.4 is 5.56 Å². The van der Waals surface area contributed by atoms with E-state index in [1.54, 1.807) is 6.92 Å². The molecule has 2 aromatic rings. The smallest absolute Gasteiger partial charge is 0.307 e. The number of hydrogen-bond acceptors (Lipinski definition) is 5. The average Bonchev–Trinajstić information content (AvgIpc) is 2.81.